The number of nitrogens with two attached hydrogens (primary N) is 1. The van der Waals surface area contributed by atoms with E-state index < -0.39 is 12.6 Å². The van der Waals surface area contributed by atoms with E-state index in [9.17, 15) is 18.0 Å². The number of benzene rings is 1. The molecule has 0 unspecified atom stereocenters. The van der Waals surface area contributed by atoms with Crippen LogP contribution in [0.3, 0.4) is 0 Å². The summed E-state index contributed by atoms with van der Waals surface area (Å²) in [5.74, 6) is 0.124. The summed E-state index contributed by atoms with van der Waals surface area (Å²) in [7, 11) is 0. The molecule has 1 aromatic carbocycles. The zero-order valence-corrected chi connectivity index (χ0v) is 12.8. The van der Waals surface area contributed by atoms with Gasteiger partial charge in [0.25, 0.3) is 5.91 Å². The molecule has 2 rings (SSSR count). The van der Waals surface area contributed by atoms with E-state index in [1.165, 1.54) is 12.3 Å². The zero-order chi connectivity index (χ0) is 16.2. The summed E-state index contributed by atoms with van der Waals surface area (Å²) in [6.45, 7) is 0.196. The van der Waals surface area contributed by atoms with Gasteiger partial charge >= 0.3 is 6.18 Å². The lowest BCUT2D eigenvalue weighted by Crippen LogP contribution is -2.11. The molecule has 8 heteroatoms. The van der Waals surface area contributed by atoms with Crippen molar-refractivity contribution in [2.45, 2.75) is 25.6 Å². The van der Waals surface area contributed by atoms with Gasteiger partial charge < -0.3 is 15.5 Å². The van der Waals surface area contributed by atoms with Crippen molar-refractivity contribution in [3.8, 4) is 0 Å². The van der Waals surface area contributed by atoms with E-state index in [1.54, 1.807) is 24.3 Å². The minimum Gasteiger partial charge on any atom is -0.467 e. The van der Waals surface area contributed by atoms with E-state index in [2.05, 4.69) is 5.32 Å². The number of halogens is 4. The topological polar surface area (TPSA) is 68.3 Å². The summed E-state index contributed by atoms with van der Waals surface area (Å²) in [4.78, 5) is 11.9. The quantitative estimate of drug-likeness (QED) is 0.860. The monoisotopic (exact) mass is 348 g/mol. The highest BCUT2D eigenvalue weighted by molar-refractivity contribution is 6.04. The van der Waals surface area contributed by atoms with E-state index in [-0.39, 0.29) is 31.3 Å². The van der Waals surface area contributed by atoms with Gasteiger partial charge in [0.15, 0.2) is 0 Å². The molecule has 126 valence electrons. The van der Waals surface area contributed by atoms with Crippen LogP contribution in [-0.2, 0) is 13.0 Å². The van der Waals surface area contributed by atoms with Crippen molar-refractivity contribution in [2.24, 2.45) is 5.73 Å². The molecular formula is C15H16ClF3N2O2. The Labute approximate surface area is 137 Å². The van der Waals surface area contributed by atoms with Crippen LogP contribution in [0.2, 0.25) is 0 Å². The minimum atomic E-state index is -4.17. The van der Waals surface area contributed by atoms with E-state index in [4.69, 9.17) is 10.2 Å². The fourth-order valence-electron chi connectivity index (χ4n) is 1.85. The number of aryl methyl sites for hydroxylation is 1. The van der Waals surface area contributed by atoms with Gasteiger partial charge in [-0.05, 0) is 30.2 Å². The number of nitrogens with one attached hydrogen (secondary N) is 1. The number of carbonyl (C=O) groups is 1. The van der Waals surface area contributed by atoms with Crippen molar-refractivity contribution in [3.05, 3.63) is 53.5 Å². The molecule has 4 nitrogen and oxygen atoms in total. The van der Waals surface area contributed by atoms with E-state index in [1.807, 2.05) is 0 Å². The van der Waals surface area contributed by atoms with Gasteiger partial charge in [0.1, 0.15) is 12.0 Å². The fourth-order valence-corrected chi connectivity index (χ4v) is 1.85. The first-order valence-corrected chi connectivity index (χ1v) is 6.62. The molecule has 2 aromatic rings. The highest BCUT2D eigenvalue weighted by Gasteiger charge is 2.26. The van der Waals surface area contributed by atoms with Gasteiger partial charge in [0.05, 0.1) is 12.1 Å². The minimum absolute atomic E-state index is 0. The van der Waals surface area contributed by atoms with Gasteiger partial charge in [-0.15, -0.1) is 12.4 Å². The molecular weight excluding hydrogens is 333 g/mol. The van der Waals surface area contributed by atoms with Crippen LogP contribution in [0.25, 0.3) is 0 Å². The van der Waals surface area contributed by atoms with Gasteiger partial charge in [0, 0.05) is 12.1 Å². The number of amides is 1. The second-order valence-corrected chi connectivity index (χ2v) is 4.77. The van der Waals surface area contributed by atoms with Gasteiger partial charge in [0.2, 0.25) is 0 Å². The molecule has 0 aliphatic carbocycles. The van der Waals surface area contributed by atoms with Crippen LogP contribution < -0.4 is 11.1 Å². The molecule has 0 spiro atoms. The third kappa shape index (κ3) is 5.96. The maximum absolute atomic E-state index is 12.1. The second kappa shape index (κ2) is 8.03. The number of hydrogen-bond acceptors (Lipinski definition) is 3. The summed E-state index contributed by atoms with van der Waals surface area (Å²) < 4.78 is 41.5. The number of alkyl halides is 3. The Kier molecular flexibility index (Phi) is 6.65. The lowest BCUT2D eigenvalue weighted by Gasteiger charge is -2.07. The number of anilines is 1. The predicted molar refractivity (Wildman–Crippen MR) is 82.6 cm³/mol. The largest absolute Gasteiger partial charge is 0.467 e. The molecule has 23 heavy (non-hydrogen) atoms. The molecule has 0 fully saturated rings. The van der Waals surface area contributed by atoms with Crippen molar-refractivity contribution in [2.75, 3.05) is 5.32 Å². The Hall–Kier alpha value is -1.99. The molecule has 0 aliphatic rings. The van der Waals surface area contributed by atoms with Crippen LogP contribution in [0.5, 0.6) is 0 Å². The lowest BCUT2D eigenvalue weighted by atomic mass is 10.1. The van der Waals surface area contributed by atoms with Crippen molar-refractivity contribution >= 4 is 24.0 Å². The highest BCUT2D eigenvalue weighted by atomic mass is 35.5. The normalized spacial score (nSPS) is 11.0. The summed E-state index contributed by atoms with van der Waals surface area (Å²) in [5.41, 5.74) is 6.78. The van der Waals surface area contributed by atoms with E-state index in [0.717, 1.165) is 0 Å². The van der Waals surface area contributed by atoms with Crippen LogP contribution in [-0.4, -0.2) is 12.1 Å². The van der Waals surface area contributed by atoms with Crippen LogP contribution in [0.1, 0.15) is 28.1 Å². The van der Waals surface area contributed by atoms with Crippen molar-refractivity contribution in [3.63, 3.8) is 0 Å². The molecule has 3 N–H and O–H groups in total. The SMILES string of the molecule is Cl.NCc1cc(C(=O)Nc2ccc(CCC(F)(F)F)cc2)co1. The van der Waals surface area contributed by atoms with Gasteiger partial charge in [-0.1, -0.05) is 12.1 Å². The molecule has 0 saturated carbocycles. The van der Waals surface area contributed by atoms with Crippen LogP contribution in [0.4, 0.5) is 18.9 Å². The molecule has 1 heterocycles. The summed E-state index contributed by atoms with van der Waals surface area (Å²) in [5, 5.41) is 2.63. The summed E-state index contributed by atoms with van der Waals surface area (Å²) >= 11 is 0. The summed E-state index contributed by atoms with van der Waals surface area (Å²) in [6, 6.07) is 7.78. The molecule has 1 amide bonds. The van der Waals surface area contributed by atoms with Crippen molar-refractivity contribution in [1.82, 2.24) is 0 Å². The summed E-state index contributed by atoms with van der Waals surface area (Å²) in [6.07, 6.45) is -3.82. The third-order valence-electron chi connectivity index (χ3n) is 3.03. The average molecular weight is 349 g/mol. The first kappa shape index (κ1) is 19.1. The van der Waals surface area contributed by atoms with Gasteiger partial charge in [-0.25, -0.2) is 0 Å². The Balaban J connectivity index is 0.00000264. The van der Waals surface area contributed by atoms with Crippen LogP contribution in [0, 0.1) is 0 Å². The first-order valence-electron chi connectivity index (χ1n) is 6.62. The van der Waals surface area contributed by atoms with Crippen LogP contribution >= 0.6 is 12.4 Å². The van der Waals surface area contributed by atoms with Crippen molar-refractivity contribution < 1.29 is 22.4 Å². The standard InChI is InChI=1S/C15H15F3N2O2.ClH/c16-15(17,18)6-5-10-1-3-12(4-2-10)20-14(21)11-7-13(8-19)22-9-11;/h1-4,7,9H,5-6,8,19H2,(H,20,21);1H. The number of carbonyl (C=O) groups excluding carboxylic acids is 1. The molecule has 0 atom stereocenters. The smallest absolute Gasteiger partial charge is 0.389 e. The molecule has 0 radical (unpaired) electrons. The first-order chi connectivity index (χ1) is 10.4. The van der Waals surface area contributed by atoms with Gasteiger partial charge in [-0.3, -0.25) is 4.79 Å². The maximum atomic E-state index is 12.1. The Bertz CT molecular complexity index is 639. The van der Waals surface area contributed by atoms with Gasteiger partial charge in [-0.2, -0.15) is 13.2 Å². The van der Waals surface area contributed by atoms with Crippen molar-refractivity contribution in [1.29, 1.82) is 0 Å². The Morgan fingerprint density at radius 2 is 1.87 bits per heavy atom. The van der Waals surface area contributed by atoms with E-state index in [0.29, 0.717) is 22.6 Å². The number of rotatable bonds is 5. The zero-order valence-electron chi connectivity index (χ0n) is 12.0. The van der Waals surface area contributed by atoms with E-state index >= 15 is 0 Å². The Morgan fingerprint density at radius 3 is 2.39 bits per heavy atom. The maximum Gasteiger partial charge on any atom is 0.389 e. The lowest BCUT2D eigenvalue weighted by molar-refractivity contribution is -0.133. The number of hydrogen-bond donors (Lipinski definition) is 2. The fraction of sp³-hybridized carbons (Fsp3) is 0.267. The molecule has 0 bridgehead atoms. The predicted octanol–water partition coefficient (Wildman–Crippen LogP) is 3.91. The third-order valence-corrected chi connectivity index (χ3v) is 3.03. The molecule has 1 aromatic heterocycles. The average Bonchev–Trinajstić information content (AvgIpc) is 2.95. The Morgan fingerprint density at radius 1 is 1.22 bits per heavy atom. The number of furan rings is 1. The van der Waals surface area contributed by atoms with Crippen LogP contribution in [0.15, 0.2) is 41.0 Å². The molecule has 0 aliphatic heterocycles. The molecule has 0 saturated heterocycles. The second-order valence-electron chi connectivity index (χ2n) is 4.77. The highest BCUT2D eigenvalue weighted by Crippen LogP contribution is 2.22.